The lowest BCUT2D eigenvalue weighted by Gasteiger charge is -2.09. The van der Waals surface area contributed by atoms with Crippen LogP contribution in [0.2, 0.25) is 0 Å². The first-order chi connectivity index (χ1) is 5.29. The molecule has 2 rings (SSSR count). The standard InChI is InChI=1S/C9H13N2/c1-7(2)11-9(5-6-10-11)8-3-4-8/h5,7-8H,3-4H2,1-2H3. The maximum Gasteiger partial charge on any atom is 0.113 e. The molecule has 0 bridgehead atoms. The molecular weight excluding hydrogens is 136 g/mol. The smallest absolute Gasteiger partial charge is 0.113 e. The van der Waals surface area contributed by atoms with Crippen LogP contribution in [-0.4, -0.2) is 9.78 Å². The fraction of sp³-hybridized carbons (Fsp3) is 0.667. The summed E-state index contributed by atoms with van der Waals surface area (Å²) in [4.78, 5) is 0. The highest BCUT2D eigenvalue weighted by Gasteiger charge is 2.27. The van der Waals surface area contributed by atoms with Crippen molar-refractivity contribution in [3.63, 3.8) is 0 Å². The average molecular weight is 149 g/mol. The lowest BCUT2D eigenvalue weighted by Crippen LogP contribution is -2.06. The summed E-state index contributed by atoms with van der Waals surface area (Å²) in [6.45, 7) is 4.32. The van der Waals surface area contributed by atoms with E-state index < -0.39 is 0 Å². The molecule has 2 heteroatoms. The summed E-state index contributed by atoms with van der Waals surface area (Å²) in [5.41, 5.74) is 1.38. The molecule has 0 saturated heterocycles. The topological polar surface area (TPSA) is 17.8 Å². The first kappa shape index (κ1) is 6.89. The van der Waals surface area contributed by atoms with Crippen molar-refractivity contribution in [1.29, 1.82) is 0 Å². The zero-order valence-corrected chi connectivity index (χ0v) is 7.04. The summed E-state index contributed by atoms with van der Waals surface area (Å²) < 4.78 is 2.08. The van der Waals surface area contributed by atoms with E-state index in [0.717, 1.165) is 5.92 Å². The van der Waals surface area contributed by atoms with Gasteiger partial charge in [-0.15, -0.1) is 0 Å². The van der Waals surface area contributed by atoms with E-state index in [4.69, 9.17) is 0 Å². The second-order valence-electron chi connectivity index (χ2n) is 3.51. The number of hydrogen-bond donors (Lipinski definition) is 0. The van der Waals surface area contributed by atoms with E-state index in [-0.39, 0.29) is 0 Å². The third kappa shape index (κ3) is 1.17. The van der Waals surface area contributed by atoms with Crippen molar-refractivity contribution in [3.8, 4) is 0 Å². The Morgan fingerprint density at radius 3 is 2.91 bits per heavy atom. The minimum absolute atomic E-state index is 0.483. The molecule has 0 spiro atoms. The molecule has 0 atom stereocenters. The van der Waals surface area contributed by atoms with Gasteiger partial charge in [-0.25, -0.2) is 0 Å². The molecule has 0 aliphatic heterocycles. The molecule has 1 heterocycles. The molecule has 0 N–H and O–H groups in total. The average Bonchev–Trinajstić information content (AvgIpc) is 2.68. The summed E-state index contributed by atoms with van der Waals surface area (Å²) >= 11 is 0. The molecule has 2 nitrogen and oxygen atoms in total. The molecular formula is C9H13N2. The Bertz CT molecular complexity index is 229. The lowest BCUT2D eigenvalue weighted by molar-refractivity contribution is 0.509. The summed E-state index contributed by atoms with van der Waals surface area (Å²) in [6.07, 6.45) is 5.59. The van der Waals surface area contributed by atoms with Gasteiger partial charge in [-0.1, -0.05) is 0 Å². The minimum atomic E-state index is 0.483. The molecule has 0 aromatic carbocycles. The van der Waals surface area contributed by atoms with Crippen LogP contribution in [0.1, 0.15) is 44.3 Å². The van der Waals surface area contributed by atoms with Gasteiger partial charge < -0.3 is 0 Å². The van der Waals surface area contributed by atoms with Crippen molar-refractivity contribution >= 4 is 0 Å². The Balaban J connectivity index is 2.30. The monoisotopic (exact) mass is 149 g/mol. The van der Waals surface area contributed by atoms with Gasteiger partial charge in [-0.3, -0.25) is 4.68 Å². The van der Waals surface area contributed by atoms with Gasteiger partial charge in [0.2, 0.25) is 0 Å². The maximum absolute atomic E-state index is 4.17. The van der Waals surface area contributed by atoms with Crippen LogP contribution in [0, 0.1) is 6.20 Å². The van der Waals surface area contributed by atoms with Crippen LogP contribution in [0.5, 0.6) is 0 Å². The fourth-order valence-corrected chi connectivity index (χ4v) is 1.38. The van der Waals surface area contributed by atoms with Crippen molar-refractivity contribution in [2.45, 2.75) is 38.6 Å². The molecule has 1 aromatic heterocycles. The highest BCUT2D eigenvalue weighted by Crippen LogP contribution is 2.40. The first-order valence-corrected chi connectivity index (χ1v) is 4.24. The predicted molar refractivity (Wildman–Crippen MR) is 43.4 cm³/mol. The maximum atomic E-state index is 4.17. The van der Waals surface area contributed by atoms with Crippen molar-refractivity contribution in [2.75, 3.05) is 0 Å². The quantitative estimate of drug-likeness (QED) is 0.630. The SMILES string of the molecule is CC(C)n1n[c]cc1C1CC1. The Morgan fingerprint density at radius 2 is 2.36 bits per heavy atom. The number of rotatable bonds is 2. The van der Waals surface area contributed by atoms with Gasteiger partial charge in [0.15, 0.2) is 0 Å². The molecule has 59 valence electrons. The normalized spacial score (nSPS) is 17.7. The van der Waals surface area contributed by atoms with Crippen LogP contribution < -0.4 is 0 Å². The molecule has 1 aliphatic rings. The van der Waals surface area contributed by atoms with Crippen molar-refractivity contribution in [3.05, 3.63) is 18.0 Å². The van der Waals surface area contributed by atoms with Crippen LogP contribution in [0.3, 0.4) is 0 Å². The van der Waals surface area contributed by atoms with Gasteiger partial charge in [0, 0.05) is 17.7 Å². The molecule has 1 aliphatic carbocycles. The van der Waals surface area contributed by atoms with Gasteiger partial charge in [-0.2, -0.15) is 5.10 Å². The lowest BCUT2D eigenvalue weighted by atomic mass is 10.3. The van der Waals surface area contributed by atoms with Gasteiger partial charge in [0.1, 0.15) is 6.20 Å². The zero-order valence-electron chi connectivity index (χ0n) is 7.04. The zero-order chi connectivity index (χ0) is 7.84. The number of hydrogen-bond acceptors (Lipinski definition) is 1. The Hall–Kier alpha value is -0.790. The van der Waals surface area contributed by atoms with Crippen LogP contribution in [-0.2, 0) is 0 Å². The largest absolute Gasteiger partial charge is 0.266 e. The van der Waals surface area contributed by atoms with Crippen molar-refractivity contribution in [1.82, 2.24) is 9.78 Å². The summed E-state index contributed by atoms with van der Waals surface area (Å²) in [5, 5.41) is 4.17. The van der Waals surface area contributed by atoms with Crippen LogP contribution >= 0.6 is 0 Å². The number of aromatic nitrogens is 2. The Morgan fingerprint density at radius 1 is 1.64 bits per heavy atom. The highest BCUT2D eigenvalue weighted by molar-refractivity contribution is 5.13. The van der Waals surface area contributed by atoms with Gasteiger partial charge in [-0.05, 0) is 32.8 Å². The third-order valence-corrected chi connectivity index (χ3v) is 2.13. The van der Waals surface area contributed by atoms with E-state index in [1.807, 2.05) is 6.07 Å². The van der Waals surface area contributed by atoms with E-state index in [1.165, 1.54) is 18.5 Å². The van der Waals surface area contributed by atoms with Gasteiger partial charge in [0.05, 0.1) is 0 Å². The summed E-state index contributed by atoms with van der Waals surface area (Å²) in [7, 11) is 0. The minimum Gasteiger partial charge on any atom is -0.266 e. The highest BCUT2D eigenvalue weighted by atomic mass is 15.3. The van der Waals surface area contributed by atoms with Crippen molar-refractivity contribution in [2.24, 2.45) is 0 Å². The molecule has 0 unspecified atom stereocenters. The van der Waals surface area contributed by atoms with E-state index in [2.05, 4.69) is 29.8 Å². The molecule has 1 aromatic rings. The van der Waals surface area contributed by atoms with E-state index in [9.17, 15) is 0 Å². The fourth-order valence-electron chi connectivity index (χ4n) is 1.38. The van der Waals surface area contributed by atoms with E-state index >= 15 is 0 Å². The van der Waals surface area contributed by atoms with Crippen LogP contribution in [0.25, 0.3) is 0 Å². The molecule has 1 fully saturated rings. The Kier molecular flexibility index (Phi) is 1.48. The molecule has 1 saturated carbocycles. The van der Waals surface area contributed by atoms with Gasteiger partial charge in [0.25, 0.3) is 0 Å². The van der Waals surface area contributed by atoms with E-state index in [1.54, 1.807) is 0 Å². The van der Waals surface area contributed by atoms with Crippen LogP contribution in [0.4, 0.5) is 0 Å². The van der Waals surface area contributed by atoms with E-state index in [0.29, 0.717) is 6.04 Å². The molecule has 1 radical (unpaired) electrons. The third-order valence-electron chi connectivity index (χ3n) is 2.13. The summed E-state index contributed by atoms with van der Waals surface area (Å²) in [6, 6.07) is 2.51. The summed E-state index contributed by atoms with van der Waals surface area (Å²) in [5.74, 6) is 0.788. The first-order valence-electron chi connectivity index (χ1n) is 4.24. The second kappa shape index (κ2) is 2.36. The second-order valence-corrected chi connectivity index (χ2v) is 3.51. The molecule has 11 heavy (non-hydrogen) atoms. The van der Waals surface area contributed by atoms with Crippen molar-refractivity contribution < 1.29 is 0 Å². The Labute approximate surface area is 67.2 Å². The van der Waals surface area contributed by atoms with Crippen LogP contribution in [0.15, 0.2) is 6.07 Å². The molecule has 0 amide bonds. The predicted octanol–water partition coefficient (Wildman–Crippen LogP) is 2.14. The van der Waals surface area contributed by atoms with Gasteiger partial charge >= 0.3 is 0 Å². The number of nitrogens with zero attached hydrogens (tertiary/aromatic N) is 2.